The Bertz CT molecular complexity index is 440. The molecule has 0 radical (unpaired) electrons. The maximum Gasteiger partial charge on any atom is 0.276 e. The number of rotatable bonds is 5. The van der Waals surface area contributed by atoms with Gasteiger partial charge in [-0.25, -0.2) is 0 Å². The summed E-state index contributed by atoms with van der Waals surface area (Å²) in [5, 5.41) is 14.1. The number of ether oxygens (including phenoxy) is 1. The van der Waals surface area contributed by atoms with Crippen molar-refractivity contribution in [1.29, 1.82) is 0 Å². The minimum atomic E-state index is -0.478. The number of hydrogen-bond donors (Lipinski definition) is 0. The summed E-state index contributed by atoms with van der Waals surface area (Å²) >= 11 is 0. The van der Waals surface area contributed by atoms with E-state index in [2.05, 4.69) is 10.0 Å². The first kappa shape index (κ1) is 11.8. The van der Waals surface area contributed by atoms with E-state index in [0.717, 1.165) is 0 Å². The Morgan fingerprint density at radius 2 is 2.38 bits per heavy atom. The molecule has 7 heteroatoms. The highest BCUT2D eigenvalue weighted by Gasteiger charge is 2.14. The molecule has 0 saturated heterocycles. The van der Waals surface area contributed by atoms with Crippen molar-refractivity contribution in [2.45, 2.75) is 6.42 Å². The summed E-state index contributed by atoms with van der Waals surface area (Å²) in [5.41, 5.74) is 8.61. The van der Waals surface area contributed by atoms with Gasteiger partial charge in [0.1, 0.15) is 5.75 Å². The minimum absolute atomic E-state index is 0.0208. The van der Waals surface area contributed by atoms with E-state index >= 15 is 0 Å². The van der Waals surface area contributed by atoms with Crippen molar-refractivity contribution in [2.24, 2.45) is 5.11 Å². The van der Waals surface area contributed by atoms with Crippen LogP contribution in [-0.2, 0) is 6.42 Å². The summed E-state index contributed by atoms with van der Waals surface area (Å²) in [5.74, 6) is 0.430. The molecule has 0 fully saturated rings. The SMILES string of the molecule is COc1ccc(CCN=[N+]=[N-])c([N+](=O)[O-])c1. The van der Waals surface area contributed by atoms with E-state index in [1.54, 1.807) is 12.1 Å². The summed E-state index contributed by atoms with van der Waals surface area (Å²) < 4.78 is 4.90. The van der Waals surface area contributed by atoms with Gasteiger partial charge in [0.15, 0.2) is 0 Å². The van der Waals surface area contributed by atoms with Crippen molar-refractivity contribution in [2.75, 3.05) is 13.7 Å². The van der Waals surface area contributed by atoms with Gasteiger partial charge in [-0.3, -0.25) is 10.1 Å². The predicted octanol–water partition coefficient (Wildman–Crippen LogP) is 2.46. The van der Waals surface area contributed by atoms with Crippen molar-refractivity contribution in [3.05, 3.63) is 44.3 Å². The van der Waals surface area contributed by atoms with E-state index in [-0.39, 0.29) is 12.2 Å². The van der Waals surface area contributed by atoms with Crippen LogP contribution in [-0.4, -0.2) is 18.6 Å². The van der Waals surface area contributed by atoms with Gasteiger partial charge in [0.05, 0.1) is 18.1 Å². The van der Waals surface area contributed by atoms with Gasteiger partial charge in [0, 0.05) is 17.0 Å². The van der Waals surface area contributed by atoms with Gasteiger partial charge in [-0.05, 0) is 24.1 Å². The second kappa shape index (κ2) is 5.57. The Balaban J connectivity index is 2.98. The first-order chi connectivity index (χ1) is 7.69. The van der Waals surface area contributed by atoms with E-state index in [0.29, 0.717) is 17.7 Å². The monoisotopic (exact) mass is 222 g/mol. The molecule has 0 aliphatic heterocycles. The molecule has 1 aromatic rings. The Morgan fingerprint density at radius 3 is 2.94 bits per heavy atom. The van der Waals surface area contributed by atoms with Gasteiger partial charge in [-0.15, -0.1) is 0 Å². The number of benzene rings is 1. The van der Waals surface area contributed by atoms with E-state index < -0.39 is 4.92 Å². The average Bonchev–Trinajstić information content (AvgIpc) is 2.29. The third-order valence-electron chi connectivity index (χ3n) is 2.03. The second-order valence-electron chi connectivity index (χ2n) is 2.96. The largest absolute Gasteiger partial charge is 0.497 e. The van der Waals surface area contributed by atoms with Crippen LogP contribution in [0.1, 0.15) is 5.56 Å². The Labute approximate surface area is 91.4 Å². The quantitative estimate of drug-likeness (QED) is 0.251. The maximum absolute atomic E-state index is 10.8. The third kappa shape index (κ3) is 2.86. The van der Waals surface area contributed by atoms with Crippen LogP contribution in [0.3, 0.4) is 0 Å². The number of nitro benzene ring substituents is 1. The topological polar surface area (TPSA) is 101 Å². The molecule has 0 aliphatic rings. The molecular formula is C9H10N4O3. The van der Waals surface area contributed by atoms with E-state index in [4.69, 9.17) is 10.3 Å². The van der Waals surface area contributed by atoms with E-state index in [9.17, 15) is 10.1 Å². The molecule has 0 heterocycles. The summed E-state index contributed by atoms with van der Waals surface area (Å²) in [6, 6.07) is 4.59. The molecule has 0 spiro atoms. The van der Waals surface area contributed by atoms with E-state index in [1.807, 2.05) is 0 Å². The highest BCUT2D eigenvalue weighted by atomic mass is 16.6. The van der Waals surface area contributed by atoms with Crippen LogP contribution >= 0.6 is 0 Å². The second-order valence-corrected chi connectivity index (χ2v) is 2.96. The summed E-state index contributed by atoms with van der Waals surface area (Å²) in [6.07, 6.45) is 0.338. The van der Waals surface area contributed by atoms with Crippen molar-refractivity contribution in [3.63, 3.8) is 0 Å². The molecule has 0 saturated carbocycles. The van der Waals surface area contributed by atoms with Gasteiger partial charge >= 0.3 is 0 Å². The molecule has 0 amide bonds. The lowest BCUT2D eigenvalue weighted by Crippen LogP contribution is -1.98. The van der Waals surface area contributed by atoms with Crippen LogP contribution in [0.5, 0.6) is 5.75 Å². The van der Waals surface area contributed by atoms with Gasteiger partial charge in [0.25, 0.3) is 5.69 Å². The van der Waals surface area contributed by atoms with Gasteiger partial charge in [-0.2, -0.15) is 0 Å². The first-order valence-electron chi connectivity index (χ1n) is 4.51. The zero-order valence-corrected chi connectivity index (χ0v) is 8.66. The molecule has 0 atom stereocenters. The molecule has 0 aliphatic carbocycles. The molecule has 1 aromatic carbocycles. The van der Waals surface area contributed by atoms with Crippen molar-refractivity contribution >= 4 is 5.69 Å². The minimum Gasteiger partial charge on any atom is -0.497 e. The molecule has 0 unspecified atom stereocenters. The number of nitro groups is 1. The fraction of sp³-hybridized carbons (Fsp3) is 0.333. The van der Waals surface area contributed by atoms with Gasteiger partial charge in [-0.1, -0.05) is 5.11 Å². The van der Waals surface area contributed by atoms with Crippen LogP contribution in [0.2, 0.25) is 0 Å². The van der Waals surface area contributed by atoms with Crippen LogP contribution in [0.4, 0.5) is 5.69 Å². The predicted molar refractivity (Wildman–Crippen MR) is 57.4 cm³/mol. The van der Waals surface area contributed by atoms with Crippen LogP contribution in [0.15, 0.2) is 23.3 Å². The summed E-state index contributed by atoms with van der Waals surface area (Å²) in [4.78, 5) is 12.9. The zero-order chi connectivity index (χ0) is 12.0. The number of azide groups is 1. The average molecular weight is 222 g/mol. The Kier molecular flexibility index (Phi) is 4.11. The van der Waals surface area contributed by atoms with E-state index in [1.165, 1.54) is 13.2 Å². The van der Waals surface area contributed by atoms with Crippen molar-refractivity contribution in [3.8, 4) is 5.75 Å². The summed E-state index contributed by atoms with van der Waals surface area (Å²) in [7, 11) is 1.44. The van der Waals surface area contributed by atoms with Gasteiger partial charge in [0.2, 0.25) is 0 Å². The van der Waals surface area contributed by atoms with Crippen LogP contribution in [0, 0.1) is 10.1 Å². The molecule has 0 bridgehead atoms. The molecular weight excluding hydrogens is 212 g/mol. The van der Waals surface area contributed by atoms with Crippen LogP contribution in [0.25, 0.3) is 10.4 Å². The van der Waals surface area contributed by atoms with Gasteiger partial charge < -0.3 is 4.74 Å². The fourth-order valence-corrected chi connectivity index (χ4v) is 1.27. The Morgan fingerprint density at radius 1 is 1.62 bits per heavy atom. The molecule has 16 heavy (non-hydrogen) atoms. The molecule has 84 valence electrons. The Hall–Kier alpha value is -2.27. The van der Waals surface area contributed by atoms with Crippen LogP contribution < -0.4 is 4.74 Å². The molecule has 0 N–H and O–H groups in total. The lowest BCUT2D eigenvalue weighted by molar-refractivity contribution is -0.385. The normalized spacial score (nSPS) is 9.31. The molecule has 1 rings (SSSR count). The third-order valence-corrected chi connectivity index (χ3v) is 2.03. The summed E-state index contributed by atoms with van der Waals surface area (Å²) in [6.45, 7) is 0.198. The number of hydrogen-bond acceptors (Lipinski definition) is 4. The number of nitrogens with zero attached hydrogens (tertiary/aromatic N) is 4. The molecule has 7 nitrogen and oxygen atoms in total. The lowest BCUT2D eigenvalue weighted by atomic mass is 10.1. The highest BCUT2D eigenvalue weighted by Crippen LogP contribution is 2.24. The standard InChI is InChI=1S/C9H10N4O3/c1-16-8-3-2-7(4-5-11-12-10)9(6-8)13(14)15/h2-3,6H,4-5H2,1H3. The first-order valence-corrected chi connectivity index (χ1v) is 4.51. The van der Waals surface area contributed by atoms with Crippen molar-refractivity contribution < 1.29 is 9.66 Å². The fourth-order valence-electron chi connectivity index (χ4n) is 1.27. The maximum atomic E-state index is 10.8. The highest BCUT2D eigenvalue weighted by molar-refractivity contribution is 5.46. The smallest absolute Gasteiger partial charge is 0.276 e. The van der Waals surface area contributed by atoms with Crippen molar-refractivity contribution in [1.82, 2.24) is 0 Å². The lowest BCUT2D eigenvalue weighted by Gasteiger charge is -2.03. The molecule has 0 aromatic heterocycles. The zero-order valence-electron chi connectivity index (χ0n) is 8.66. The number of methoxy groups -OCH3 is 1.